The van der Waals surface area contributed by atoms with E-state index in [1.807, 2.05) is 18.3 Å². The van der Waals surface area contributed by atoms with E-state index in [9.17, 15) is 0 Å². The fourth-order valence-electron chi connectivity index (χ4n) is 1.97. The molecule has 1 heterocycles. The van der Waals surface area contributed by atoms with Gasteiger partial charge < -0.3 is 10.1 Å². The summed E-state index contributed by atoms with van der Waals surface area (Å²) in [6, 6.07) is 12.6. The highest BCUT2D eigenvalue weighted by Crippen LogP contribution is 2.07. The van der Waals surface area contributed by atoms with Gasteiger partial charge in [0.15, 0.2) is 0 Å². The first-order valence-electron chi connectivity index (χ1n) is 6.53. The van der Waals surface area contributed by atoms with E-state index in [0.29, 0.717) is 5.88 Å². The van der Waals surface area contributed by atoms with Crippen LogP contribution in [0.2, 0.25) is 0 Å². The first kappa shape index (κ1) is 13.6. The zero-order chi connectivity index (χ0) is 13.5. The quantitative estimate of drug-likeness (QED) is 0.807. The Morgan fingerprint density at radius 1 is 1.16 bits per heavy atom. The van der Waals surface area contributed by atoms with Gasteiger partial charge in [-0.05, 0) is 31.0 Å². The lowest BCUT2D eigenvalue weighted by atomic mass is 10.1. The molecule has 0 amide bonds. The zero-order valence-corrected chi connectivity index (χ0v) is 11.5. The molecule has 0 aliphatic heterocycles. The summed E-state index contributed by atoms with van der Waals surface area (Å²) >= 11 is 0. The summed E-state index contributed by atoms with van der Waals surface area (Å²) in [5.41, 5.74) is 3.86. The van der Waals surface area contributed by atoms with Crippen LogP contribution in [0.15, 0.2) is 42.6 Å². The molecule has 0 spiro atoms. The van der Waals surface area contributed by atoms with Crippen molar-refractivity contribution in [2.45, 2.75) is 19.9 Å². The monoisotopic (exact) mass is 256 g/mol. The molecular weight excluding hydrogens is 236 g/mol. The van der Waals surface area contributed by atoms with Crippen molar-refractivity contribution in [2.75, 3.05) is 13.7 Å². The zero-order valence-electron chi connectivity index (χ0n) is 11.5. The molecule has 0 aliphatic carbocycles. The van der Waals surface area contributed by atoms with E-state index in [4.69, 9.17) is 4.74 Å². The Morgan fingerprint density at radius 3 is 2.74 bits per heavy atom. The Labute approximate surface area is 114 Å². The van der Waals surface area contributed by atoms with Crippen LogP contribution >= 0.6 is 0 Å². The number of aryl methyl sites for hydroxylation is 1. The molecule has 3 nitrogen and oxygen atoms in total. The number of nitrogens with one attached hydrogen (secondary N) is 1. The first-order valence-corrected chi connectivity index (χ1v) is 6.53. The molecule has 0 radical (unpaired) electrons. The van der Waals surface area contributed by atoms with Crippen LogP contribution in [0.3, 0.4) is 0 Å². The number of aromatic nitrogens is 1. The van der Waals surface area contributed by atoms with Gasteiger partial charge in [-0.15, -0.1) is 0 Å². The molecule has 0 saturated carbocycles. The van der Waals surface area contributed by atoms with Crippen molar-refractivity contribution in [3.63, 3.8) is 0 Å². The van der Waals surface area contributed by atoms with Gasteiger partial charge in [0.1, 0.15) is 0 Å². The molecule has 2 aromatic rings. The lowest BCUT2D eigenvalue weighted by Gasteiger charge is -2.06. The summed E-state index contributed by atoms with van der Waals surface area (Å²) in [6.07, 6.45) is 2.89. The molecule has 19 heavy (non-hydrogen) atoms. The smallest absolute Gasteiger partial charge is 0.212 e. The molecule has 3 heteroatoms. The maximum absolute atomic E-state index is 5.03. The highest BCUT2D eigenvalue weighted by atomic mass is 16.5. The molecule has 1 N–H and O–H groups in total. The average Bonchev–Trinajstić information content (AvgIpc) is 2.44. The summed E-state index contributed by atoms with van der Waals surface area (Å²) in [5, 5.41) is 3.43. The molecule has 0 bridgehead atoms. The highest BCUT2D eigenvalue weighted by Gasteiger charge is 1.96. The second kappa shape index (κ2) is 6.90. The minimum Gasteiger partial charge on any atom is -0.481 e. The van der Waals surface area contributed by atoms with E-state index in [0.717, 1.165) is 19.5 Å². The van der Waals surface area contributed by atoms with Crippen LogP contribution in [0, 0.1) is 6.92 Å². The van der Waals surface area contributed by atoms with Crippen molar-refractivity contribution in [3.8, 4) is 5.88 Å². The van der Waals surface area contributed by atoms with Crippen LogP contribution in [0.4, 0.5) is 0 Å². The molecule has 0 unspecified atom stereocenters. The lowest BCUT2D eigenvalue weighted by molar-refractivity contribution is 0.397. The maximum atomic E-state index is 5.03. The Morgan fingerprint density at radius 2 is 2.05 bits per heavy atom. The van der Waals surface area contributed by atoms with Crippen LogP contribution in [0.5, 0.6) is 5.88 Å². The largest absolute Gasteiger partial charge is 0.481 e. The maximum Gasteiger partial charge on any atom is 0.212 e. The van der Waals surface area contributed by atoms with Gasteiger partial charge in [-0.3, -0.25) is 0 Å². The van der Waals surface area contributed by atoms with E-state index >= 15 is 0 Å². The van der Waals surface area contributed by atoms with Crippen LogP contribution in [-0.2, 0) is 13.0 Å². The third-order valence-electron chi connectivity index (χ3n) is 3.01. The fourth-order valence-corrected chi connectivity index (χ4v) is 1.97. The van der Waals surface area contributed by atoms with Crippen molar-refractivity contribution in [3.05, 3.63) is 59.3 Å². The fraction of sp³-hybridized carbons (Fsp3) is 0.312. The van der Waals surface area contributed by atoms with Gasteiger partial charge in [0, 0.05) is 18.8 Å². The van der Waals surface area contributed by atoms with Gasteiger partial charge in [-0.25, -0.2) is 4.98 Å². The summed E-state index contributed by atoms with van der Waals surface area (Å²) in [6.45, 7) is 3.93. The standard InChI is InChI=1S/C16H20N2O/c1-13-4-3-5-14(10-13)8-9-17-11-15-6-7-16(19-2)18-12-15/h3-7,10,12,17H,8-9,11H2,1-2H3. The van der Waals surface area contributed by atoms with Gasteiger partial charge in [0.2, 0.25) is 5.88 Å². The van der Waals surface area contributed by atoms with Crippen LogP contribution in [0.25, 0.3) is 0 Å². The molecule has 100 valence electrons. The van der Waals surface area contributed by atoms with E-state index in [2.05, 4.69) is 41.5 Å². The number of ether oxygens (including phenoxy) is 1. The summed E-state index contributed by atoms with van der Waals surface area (Å²) < 4.78 is 5.03. The van der Waals surface area contributed by atoms with Crippen LogP contribution in [0.1, 0.15) is 16.7 Å². The third kappa shape index (κ3) is 4.38. The topological polar surface area (TPSA) is 34.1 Å². The predicted octanol–water partition coefficient (Wildman–Crippen LogP) is 2.73. The van der Waals surface area contributed by atoms with Gasteiger partial charge in [0.05, 0.1) is 7.11 Å². The Balaban J connectivity index is 1.74. The van der Waals surface area contributed by atoms with Gasteiger partial charge in [-0.2, -0.15) is 0 Å². The summed E-state index contributed by atoms with van der Waals surface area (Å²) in [4.78, 5) is 4.18. The SMILES string of the molecule is COc1ccc(CNCCc2cccc(C)c2)cn1. The molecule has 0 atom stereocenters. The van der Waals surface area contributed by atoms with Crippen molar-refractivity contribution < 1.29 is 4.74 Å². The van der Waals surface area contributed by atoms with Crippen molar-refractivity contribution in [1.29, 1.82) is 0 Å². The Hall–Kier alpha value is -1.87. The van der Waals surface area contributed by atoms with Gasteiger partial charge in [0.25, 0.3) is 0 Å². The average molecular weight is 256 g/mol. The molecular formula is C16H20N2O. The van der Waals surface area contributed by atoms with E-state index < -0.39 is 0 Å². The third-order valence-corrected chi connectivity index (χ3v) is 3.01. The number of rotatable bonds is 6. The Bertz CT molecular complexity index is 508. The van der Waals surface area contributed by atoms with Gasteiger partial charge in [-0.1, -0.05) is 35.9 Å². The molecule has 0 fully saturated rings. The minimum absolute atomic E-state index is 0.656. The second-order valence-electron chi connectivity index (χ2n) is 4.62. The van der Waals surface area contributed by atoms with Crippen LogP contribution in [-0.4, -0.2) is 18.6 Å². The molecule has 2 rings (SSSR count). The van der Waals surface area contributed by atoms with Crippen molar-refractivity contribution in [2.24, 2.45) is 0 Å². The number of hydrogen-bond donors (Lipinski definition) is 1. The van der Waals surface area contributed by atoms with Crippen molar-refractivity contribution >= 4 is 0 Å². The molecule has 1 aromatic heterocycles. The van der Waals surface area contributed by atoms with Crippen molar-refractivity contribution in [1.82, 2.24) is 10.3 Å². The first-order chi connectivity index (χ1) is 9.28. The summed E-state index contributed by atoms with van der Waals surface area (Å²) in [5.74, 6) is 0.656. The number of hydrogen-bond acceptors (Lipinski definition) is 3. The number of pyridine rings is 1. The highest BCUT2D eigenvalue weighted by molar-refractivity contribution is 5.22. The second-order valence-corrected chi connectivity index (χ2v) is 4.62. The van der Waals surface area contributed by atoms with E-state index in [1.54, 1.807) is 7.11 Å². The normalized spacial score (nSPS) is 10.4. The predicted molar refractivity (Wildman–Crippen MR) is 77.4 cm³/mol. The van der Waals surface area contributed by atoms with Crippen LogP contribution < -0.4 is 10.1 Å². The number of nitrogens with zero attached hydrogens (tertiary/aromatic N) is 1. The number of benzene rings is 1. The molecule has 1 aromatic carbocycles. The molecule has 0 aliphatic rings. The Kier molecular flexibility index (Phi) is 4.93. The summed E-state index contributed by atoms with van der Waals surface area (Å²) in [7, 11) is 1.63. The number of methoxy groups -OCH3 is 1. The van der Waals surface area contributed by atoms with Gasteiger partial charge >= 0.3 is 0 Å². The van der Waals surface area contributed by atoms with E-state index in [1.165, 1.54) is 16.7 Å². The minimum atomic E-state index is 0.656. The van der Waals surface area contributed by atoms with E-state index in [-0.39, 0.29) is 0 Å². The lowest BCUT2D eigenvalue weighted by Crippen LogP contribution is -2.16. The molecule has 0 saturated heterocycles.